The Hall–Kier alpha value is -3.01. The lowest BCUT2D eigenvalue weighted by Gasteiger charge is -2.15. The quantitative estimate of drug-likeness (QED) is 0.643. The molecule has 7 heteroatoms. The fourth-order valence-corrected chi connectivity index (χ4v) is 2.91. The fraction of sp³-hybridized carbons (Fsp3) is 0.353. The first kappa shape index (κ1) is 15.9. The number of amides is 1. The fourth-order valence-electron chi connectivity index (χ4n) is 2.91. The van der Waals surface area contributed by atoms with Gasteiger partial charge in [-0.2, -0.15) is 10.4 Å². The van der Waals surface area contributed by atoms with Crippen molar-refractivity contribution >= 4 is 5.91 Å². The molecule has 7 nitrogen and oxygen atoms in total. The lowest BCUT2D eigenvalue weighted by molar-refractivity contribution is 0.0781. The Balaban J connectivity index is 1.69. The number of carbonyl (C=O) groups excluding carboxylic acids is 1. The number of nitriles is 1. The summed E-state index contributed by atoms with van der Waals surface area (Å²) in [5.74, 6) is 1.00. The minimum absolute atomic E-state index is 0.0592. The van der Waals surface area contributed by atoms with Crippen molar-refractivity contribution in [2.75, 3.05) is 26.7 Å². The second kappa shape index (κ2) is 7.04. The summed E-state index contributed by atoms with van der Waals surface area (Å²) in [4.78, 5) is 14.4. The average molecular weight is 325 g/mol. The van der Waals surface area contributed by atoms with Crippen LogP contribution in [0.5, 0.6) is 5.75 Å². The smallest absolute Gasteiger partial charge is 0.271 e. The maximum atomic E-state index is 12.6. The number of aromatic amines is 1. The standard InChI is InChI=1S/C17H19N5O2/c1-24-14-4-2-3-13(7-14)15-8-16(21-20-15)17(23)22-6-5-12(10-22)9-19-11-18/h2-4,7-8,12,19H,5-6,9-10H2,1H3,(H,20,21)/t12-/m1/s1. The van der Waals surface area contributed by atoms with Crippen LogP contribution in [0.3, 0.4) is 0 Å². The normalized spacial score (nSPS) is 16.7. The van der Waals surface area contributed by atoms with Gasteiger partial charge in [0.15, 0.2) is 6.19 Å². The van der Waals surface area contributed by atoms with E-state index in [-0.39, 0.29) is 5.91 Å². The number of ether oxygens (including phenoxy) is 1. The highest BCUT2D eigenvalue weighted by molar-refractivity contribution is 5.93. The van der Waals surface area contributed by atoms with E-state index in [0.717, 1.165) is 17.7 Å². The zero-order valence-corrected chi connectivity index (χ0v) is 13.5. The first-order valence-electron chi connectivity index (χ1n) is 7.82. The number of H-pyrrole nitrogens is 1. The van der Waals surface area contributed by atoms with E-state index in [1.165, 1.54) is 0 Å². The highest BCUT2D eigenvalue weighted by Gasteiger charge is 2.27. The van der Waals surface area contributed by atoms with Crippen molar-refractivity contribution in [1.82, 2.24) is 20.4 Å². The summed E-state index contributed by atoms with van der Waals surface area (Å²) in [6.45, 7) is 1.96. The minimum Gasteiger partial charge on any atom is -0.497 e. The molecule has 24 heavy (non-hydrogen) atoms. The Morgan fingerprint density at radius 3 is 3.21 bits per heavy atom. The number of nitrogens with zero attached hydrogens (tertiary/aromatic N) is 3. The van der Waals surface area contributed by atoms with Crippen molar-refractivity contribution in [1.29, 1.82) is 5.26 Å². The van der Waals surface area contributed by atoms with Crippen molar-refractivity contribution in [2.24, 2.45) is 5.92 Å². The molecule has 0 spiro atoms. The van der Waals surface area contributed by atoms with Gasteiger partial charge in [0.05, 0.1) is 12.8 Å². The molecular weight excluding hydrogens is 306 g/mol. The van der Waals surface area contributed by atoms with E-state index in [1.807, 2.05) is 30.5 Å². The van der Waals surface area contributed by atoms with Crippen molar-refractivity contribution < 1.29 is 9.53 Å². The van der Waals surface area contributed by atoms with Gasteiger partial charge in [-0.05, 0) is 30.5 Å². The molecule has 1 fully saturated rings. The van der Waals surface area contributed by atoms with Crippen LogP contribution in [0.1, 0.15) is 16.9 Å². The van der Waals surface area contributed by atoms with E-state index >= 15 is 0 Å². The number of likely N-dealkylation sites (tertiary alicyclic amines) is 1. The van der Waals surface area contributed by atoms with Gasteiger partial charge in [-0.25, -0.2) is 0 Å². The molecule has 2 heterocycles. The number of carbonyl (C=O) groups is 1. The lowest BCUT2D eigenvalue weighted by Crippen LogP contribution is -2.30. The molecule has 0 bridgehead atoms. The van der Waals surface area contributed by atoms with Crippen LogP contribution in [0, 0.1) is 17.4 Å². The summed E-state index contributed by atoms with van der Waals surface area (Å²) in [5, 5.41) is 18.3. The highest BCUT2D eigenvalue weighted by Crippen LogP contribution is 2.24. The number of methoxy groups -OCH3 is 1. The van der Waals surface area contributed by atoms with E-state index in [9.17, 15) is 4.79 Å². The Labute approximate surface area is 140 Å². The molecule has 1 aromatic heterocycles. The van der Waals surface area contributed by atoms with Gasteiger partial charge in [-0.1, -0.05) is 12.1 Å². The lowest BCUT2D eigenvalue weighted by atomic mass is 10.1. The molecule has 0 aliphatic carbocycles. The van der Waals surface area contributed by atoms with Crippen LogP contribution in [0.4, 0.5) is 0 Å². The number of hydrogen-bond acceptors (Lipinski definition) is 5. The van der Waals surface area contributed by atoms with Crippen molar-refractivity contribution in [3.05, 3.63) is 36.0 Å². The molecule has 0 unspecified atom stereocenters. The number of hydrogen-bond donors (Lipinski definition) is 2. The summed E-state index contributed by atoms with van der Waals surface area (Å²) in [6.07, 6.45) is 2.82. The van der Waals surface area contributed by atoms with E-state index in [2.05, 4.69) is 15.5 Å². The maximum Gasteiger partial charge on any atom is 0.271 e. The van der Waals surface area contributed by atoms with Gasteiger partial charge in [0.25, 0.3) is 5.91 Å². The molecule has 2 aromatic rings. The molecule has 2 N–H and O–H groups in total. The zero-order valence-electron chi connectivity index (χ0n) is 13.5. The summed E-state index contributed by atoms with van der Waals surface area (Å²) < 4.78 is 5.21. The SMILES string of the molecule is COc1cccc(-c2cc(C(=O)N3CC[C@H](CNC#N)C3)[nH]n2)c1. The van der Waals surface area contributed by atoms with E-state index in [4.69, 9.17) is 10.00 Å². The molecule has 1 amide bonds. The van der Waals surface area contributed by atoms with Gasteiger partial charge >= 0.3 is 0 Å². The Bertz CT molecular complexity index is 764. The summed E-state index contributed by atoms with van der Waals surface area (Å²) in [5.41, 5.74) is 2.07. The third-order valence-electron chi connectivity index (χ3n) is 4.22. The minimum atomic E-state index is -0.0592. The molecular formula is C17H19N5O2. The van der Waals surface area contributed by atoms with Crippen LogP contribution >= 0.6 is 0 Å². The van der Waals surface area contributed by atoms with Gasteiger partial charge in [-0.15, -0.1) is 0 Å². The van der Waals surface area contributed by atoms with Crippen LogP contribution in [-0.2, 0) is 0 Å². The molecule has 1 atom stereocenters. The summed E-state index contributed by atoms with van der Waals surface area (Å²) in [6, 6.07) is 9.31. The van der Waals surface area contributed by atoms with Crippen LogP contribution < -0.4 is 10.1 Å². The number of nitrogens with one attached hydrogen (secondary N) is 2. The highest BCUT2D eigenvalue weighted by atomic mass is 16.5. The third-order valence-corrected chi connectivity index (χ3v) is 4.22. The monoisotopic (exact) mass is 325 g/mol. The molecule has 124 valence electrons. The van der Waals surface area contributed by atoms with Gasteiger partial charge in [0.1, 0.15) is 11.4 Å². The maximum absolute atomic E-state index is 12.6. The third kappa shape index (κ3) is 3.33. The Morgan fingerprint density at radius 2 is 2.42 bits per heavy atom. The number of rotatable bonds is 5. The van der Waals surface area contributed by atoms with Crippen molar-refractivity contribution in [3.8, 4) is 23.2 Å². The first-order valence-corrected chi connectivity index (χ1v) is 7.82. The first-order chi connectivity index (χ1) is 11.7. The molecule has 0 saturated carbocycles. The van der Waals surface area contributed by atoms with Crippen molar-refractivity contribution in [3.63, 3.8) is 0 Å². The predicted octanol–water partition coefficient (Wildman–Crippen LogP) is 1.62. The van der Waals surface area contributed by atoms with Crippen LogP contribution in [0.15, 0.2) is 30.3 Å². The van der Waals surface area contributed by atoms with Crippen LogP contribution in [0.25, 0.3) is 11.3 Å². The number of aromatic nitrogens is 2. The molecule has 1 aliphatic heterocycles. The van der Waals surface area contributed by atoms with Crippen molar-refractivity contribution in [2.45, 2.75) is 6.42 Å². The topological polar surface area (TPSA) is 94.0 Å². The van der Waals surface area contributed by atoms with Gasteiger partial charge in [0, 0.05) is 25.2 Å². The van der Waals surface area contributed by atoms with Crippen LogP contribution in [-0.4, -0.2) is 47.7 Å². The second-order valence-corrected chi connectivity index (χ2v) is 5.80. The Morgan fingerprint density at radius 1 is 1.54 bits per heavy atom. The largest absolute Gasteiger partial charge is 0.497 e. The second-order valence-electron chi connectivity index (χ2n) is 5.80. The zero-order chi connectivity index (χ0) is 16.9. The van der Waals surface area contributed by atoms with Gasteiger partial charge in [0.2, 0.25) is 0 Å². The predicted molar refractivity (Wildman–Crippen MR) is 88.2 cm³/mol. The molecule has 1 saturated heterocycles. The van der Waals surface area contributed by atoms with E-state index in [1.54, 1.807) is 18.1 Å². The van der Waals surface area contributed by atoms with E-state index in [0.29, 0.717) is 36.9 Å². The average Bonchev–Trinajstić information content (AvgIpc) is 3.29. The molecule has 1 aromatic carbocycles. The van der Waals surface area contributed by atoms with Gasteiger partial charge in [-0.3, -0.25) is 9.89 Å². The van der Waals surface area contributed by atoms with Gasteiger partial charge < -0.3 is 15.0 Å². The Kier molecular flexibility index (Phi) is 4.66. The van der Waals surface area contributed by atoms with Crippen LogP contribution in [0.2, 0.25) is 0 Å². The molecule has 1 aliphatic rings. The number of benzene rings is 1. The summed E-state index contributed by atoms with van der Waals surface area (Å²) in [7, 11) is 1.61. The molecule has 3 rings (SSSR count). The molecule has 0 radical (unpaired) electrons. The van der Waals surface area contributed by atoms with E-state index < -0.39 is 0 Å². The summed E-state index contributed by atoms with van der Waals surface area (Å²) >= 11 is 0.